The van der Waals surface area contributed by atoms with Gasteiger partial charge in [0, 0.05) is 43.1 Å². The molecular weight excluding hydrogens is 496 g/mol. The zero-order valence-corrected chi connectivity index (χ0v) is 19.9. The minimum Gasteiger partial charge on any atom is -0.384 e. The number of nitrogens with one attached hydrogen (secondary N) is 1. The third-order valence-electron chi connectivity index (χ3n) is 6.22. The summed E-state index contributed by atoms with van der Waals surface area (Å²) in [5.41, 5.74) is 1.15. The number of halogens is 6. The number of alkyl halides is 6. The van der Waals surface area contributed by atoms with Crippen LogP contribution in [-0.2, 0) is 22.4 Å². The molecule has 1 aliphatic heterocycles. The highest BCUT2D eigenvalue weighted by atomic mass is 32.2. The molecule has 0 radical (unpaired) electrons. The number of fused-ring (bicyclic) bond motifs is 1. The molecule has 0 aromatic heterocycles. The van der Waals surface area contributed by atoms with Crippen LogP contribution in [0, 0.1) is 0 Å². The third-order valence-corrected chi connectivity index (χ3v) is 7.18. The van der Waals surface area contributed by atoms with Gasteiger partial charge in [-0.15, -0.1) is 11.8 Å². The van der Waals surface area contributed by atoms with E-state index in [0.29, 0.717) is 37.5 Å². The SMILES string of the molecule is CNCN1Cc2cc(SCCOC)ccc2C1(CN)c1ccc(C(O)(C(F)(F)F)C(F)(F)F)cc1. The van der Waals surface area contributed by atoms with E-state index in [2.05, 4.69) is 5.32 Å². The standard InChI is InChI=1S/C23H27F6N3O2S/c1-31-14-32-12-15-11-18(35-10-9-34-2)7-8-19(15)20(32,13-30)16-3-5-17(6-4-16)21(33,22(24,25)26)23(27,28)29/h3-8,11,31,33H,9-10,12-14,30H2,1-2H3. The Labute approximate surface area is 203 Å². The molecular formula is C23H27F6N3O2S. The first-order valence-electron chi connectivity index (χ1n) is 10.7. The van der Waals surface area contributed by atoms with Crippen LogP contribution in [0.4, 0.5) is 26.3 Å². The number of nitrogens with two attached hydrogens (primary N) is 1. The van der Waals surface area contributed by atoms with E-state index in [9.17, 15) is 31.4 Å². The molecule has 2 aromatic rings. The lowest BCUT2D eigenvalue weighted by molar-refractivity contribution is -0.376. The van der Waals surface area contributed by atoms with E-state index in [-0.39, 0.29) is 6.54 Å². The van der Waals surface area contributed by atoms with Crippen molar-refractivity contribution >= 4 is 11.8 Å². The maximum atomic E-state index is 13.3. The van der Waals surface area contributed by atoms with E-state index < -0.39 is 29.1 Å². The summed E-state index contributed by atoms with van der Waals surface area (Å²) in [6.45, 7) is 1.45. The largest absolute Gasteiger partial charge is 0.430 e. The summed E-state index contributed by atoms with van der Waals surface area (Å²) < 4.78 is 85.0. The van der Waals surface area contributed by atoms with Gasteiger partial charge in [-0.25, -0.2) is 0 Å². The maximum absolute atomic E-state index is 13.3. The van der Waals surface area contributed by atoms with Gasteiger partial charge in [0.25, 0.3) is 5.60 Å². The molecule has 35 heavy (non-hydrogen) atoms. The molecule has 0 amide bonds. The van der Waals surface area contributed by atoms with Crippen LogP contribution in [0.25, 0.3) is 0 Å². The van der Waals surface area contributed by atoms with Crippen molar-refractivity contribution in [2.45, 2.75) is 34.9 Å². The van der Waals surface area contributed by atoms with Crippen LogP contribution in [0.3, 0.4) is 0 Å². The van der Waals surface area contributed by atoms with Gasteiger partial charge in [0.1, 0.15) is 0 Å². The molecule has 1 unspecified atom stereocenters. The first-order chi connectivity index (χ1) is 16.4. The van der Waals surface area contributed by atoms with Crippen LogP contribution in [0.2, 0.25) is 0 Å². The molecule has 1 heterocycles. The fraction of sp³-hybridized carbons (Fsp3) is 0.478. The predicted molar refractivity (Wildman–Crippen MR) is 121 cm³/mol. The van der Waals surface area contributed by atoms with Gasteiger partial charge in [0.05, 0.1) is 12.1 Å². The summed E-state index contributed by atoms with van der Waals surface area (Å²) in [5, 5.41) is 12.8. The summed E-state index contributed by atoms with van der Waals surface area (Å²) in [4.78, 5) is 2.99. The van der Waals surface area contributed by atoms with Crippen molar-refractivity contribution in [3.8, 4) is 0 Å². The summed E-state index contributed by atoms with van der Waals surface area (Å²) in [7, 11) is 3.34. The Morgan fingerprint density at radius 2 is 1.71 bits per heavy atom. The molecule has 1 aliphatic rings. The molecule has 4 N–H and O–H groups in total. The molecule has 12 heteroatoms. The smallest absolute Gasteiger partial charge is 0.384 e. The van der Waals surface area contributed by atoms with Crippen molar-refractivity contribution < 1.29 is 36.2 Å². The average Bonchev–Trinajstić information content (AvgIpc) is 3.10. The van der Waals surface area contributed by atoms with E-state index >= 15 is 0 Å². The number of methoxy groups -OCH3 is 1. The van der Waals surface area contributed by atoms with Gasteiger partial charge in [-0.1, -0.05) is 30.3 Å². The zero-order chi connectivity index (χ0) is 26.1. The lowest BCUT2D eigenvalue weighted by Crippen LogP contribution is -2.54. The Morgan fingerprint density at radius 1 is 1.09 bits per heavy atom. The van der Waals surface area contributed by atoms with Gasteiger partial charge in [-0.05, 0) is 35.9 Å². The molecule has 0 aliphatic carbocycles. The molecule has 3 rings (SSSR count). The third kappa shape index (κ3) is 4.79. The summed E-state index contributed by atoms with van der Waals surface area (Å²) in [5.74, 6) is 0.750. The molecule has 0 bridgehead atoms. The number of nitrogens with zero attached hydrogens (tertiary/aromatic N) is 1. The van der Waals surface area contributed by atoms with Crippen LogP contribution >= 0.6 is 11.8 Å². The highest BCUT2D eigenvalue weighted by molar-refractivity contribution is 7.99. The highest BCUT2D eigenvalue weighted by Crippen LogP contribution is 2.51. The van der Waals surface area contributed by atoms with Crippen LogP contribution in [-0.4, -0.2) is 62.1 Å². The summed E-state index contributed by atoms with van der Waals surface area (Å²) in [6.07, 6.45) is -11.9. The number of hydrogen-bond acceptors (Lipinski definition) is 6. The van der Waals surface area contributed by atoms with E-state index in [1.54, 1.807) is 25.9 Å². The second-order valence-electron chi connectivity index (χ2n) is 8.22. The molecule has 2 aromatic carbocycles. The van der Waals surface area contributed by atoms with Crippen LogP contribution in [0.5, 0.6) is 0 Å². The number of thioether (sulfide) groups is 1. The fourth-order valence-electron chi connectivity index (χ4n) is 4.50. The first kappa shape index (κ1) is 27.8. The van der Waals surface area contributed by atoms with Gasteiger partial charge in [0.2, 0.25) is 0 Å². The van der Waals surface area contributed by atoms with Gasteiger partial charge in [-0.3, -0.25) is 4.90 Å². The molecule has 0 saturated heterocycles. The normalized spacial score (nSPS) is 19.3. The van der Waals surface area contributed by atoms with E-state index in [1.807, 2.05) is 23.1 Å². The molecule has 5 nitrogen and oxygen atoms in total. The molecule has 1 atom stereocenters. The van der Waals surface area contributed by atoms with Crippen molar-refractivity contribution in [3.63, 3.8) is 0 Å². The minimum atomic E-state index is -5.95. The Kier molecular flexibility index (Phi) is 8.14. The van der Waals surface area contributed by atoms with Crippen LogP contribution in [0.15, 0.2) is 47.4 Å². The van der Waals surface area contributed by atoms with Crippen LogP contribution < -0.4 is 11.1 Å². The number of rotatable bonds is 9. The molecule has 0 saturated carbocycles. The molecule has 194 valence electrons. The van der Waals surface area contributed by atoms with Crippen molar-refractivity contribution in [1.29, 1.82) is 0 Å². The minimum absolute atomic E-state index is 0.0278. The maximum Gasteiger partial charge on any atom is 0.430 e. The van der Waals surface area contributed by atoms with Crippen molar-refractivity contribution in [1.82, 2.24) is 10.2 Å². The Balaban J connectivity index is 2.08. The fourth-order valence-corrected chi connectivity index (χ4v) is 5.38. The van der Waals surface area contributed by atoms with E-state index in [1.165, 1.54) is 12.1 Å². The zero-order valence-electron chi connectivity index (χ0n) is 19.1. The van der Waals surface area contributed by atoms with E-state index in [4.69, 9.17) is 10.5 Å². The first-order valence-corrected chi connectivity index (χ1v) is 11.7. The van der Waals surface area contributed by atoms with Crippen molar-refractivity contribution in [2.24, 2.45) is 5.73 Å². The quantitative estimate of drug-likeness (QED) is 0.263. The van der Waals surface area contributed by atoms with Crippen LogP contribution in [0.1, 0.15) is 22.3 Å². The summed E-state index contributed by atoms with van der Waals surface area (Å²) >= 11 is 1.61. The number of aliphatic hydroxyl groups is 1. The monoisotopic (exact) mass is 523 g/mol. The number of ether oxygens (including phenoxy) is 1. The second-order valence-corrected chi connectivity index (χ2v) is 9.39. The predicted octanol–water partition coefficient (Wildman–Crippen LogP) is 3.93. The number of benzene rings is 2. The van der Waals surface area contributed by atoms with Gasteiger partial charge in [-0.2, -0.15) is 26.3 Å². The lowest BCUT2D eigenvalue weighted by Gasteiger charge is -2.39. The van der Waals surface area contributed by atoms with Crippen molar-refractivity contribution in [2.75, 3.05) is 39.7 Å². The van der Waals surface area contributed by atoms with Crippen molar-refractivity contribution in [3.05, 3.63) is 64.7 Å². The second kappa shape index (κ2) is 10.3. The topological polar surface area (TPSA) is 70.8 Å². The van der Waals surface area contributed by atoms with Gasteiger partial charge < -0.3 is 20.9 Å². The number of hydrogen-bond donors (Lipinski definition) is 3. The highest BCUT2D eigenvalue weighted by Gasteiger charge is 2.71. The average molecular weight is 524 g/mol. The van der Waals surface area contributed by atoms with Gasteiger partial charge in [0.15, 0.2) is 0 Å². The Hall–Kier alpha value is -1.83. The lowest BCUT2D eigenvalue weighted by atomic mass is 9.81. The Bertz CT molecular complexity index is 1000. The van der Waals surface area contributed by atoms with E-state index in [0.717, 1.165) is 21.8 Å². The molecule has 0 spiro atoms. The molecule has 0 fully saturated rings. The summed E-state index contributed by atoms with van der Waals surface area (Å²) in [6, 6.07) is 9.48. The van der Waals surface area contributed by atoms with Gasteiger partial charge >= 0.3 is 12.4 Å². The Morgan fingerprint density at radius 3 is 2.23 bits per heavy atom.